The van der Waals surface area contributed by atoms with Gasteiger partial charge in [-0.3, -0.25) is 9.59 Å². The van der Waals surface area contributed by atoms with Crippen LogP contribution < -0.4 is 11.3 Å². The highest BCUT2D eigenvalue weighted by Gasteiger charge is 2.20. The molecule has 0 aromatic carbocycles. The van der Waals surface area contributed by atoms with E-state index in [0.29, 0.717) is 0 Å². The normalized spacial score (nSPS) is 11.6. The summed E-state index contributed by atoms with van der Waals surface area (Å²) in [7, 11) is 0. The summed E-state index contributed by atoms with van der Waals surface area (Å²) in [6, 6.07) is 4.17. The number of H-pyrrole nitrogens is 1. The van der Waals surface area contributed by atoms with Gasteiger partial charge in [0.15, 0.2) is 5.84 Å². The van der Waals surface area contributed by atoms with Crippen molar-refractivity contribution >= 4 is 11.7 Å². The maximum atomic E-state index is 12.2. The molecule has 0 saturated heterocycles. The van der Waals surface area contributed by atoms with Crippen molar-refractivity contribution < 1.29 is 10.0 Å². The standard InChI is InChI=1S/C11H16N4O3/c1-7(2)15(6-9(12)14-18)11(17)8-4-3-5-10(16)13-8/h3-5,7,18H,6H2,1-2H3,(H2,12,14)(H,13,16). The quantitative estimate of drug-likeness (QED) is 0.302. The summed E-state index contributed by atoms with van der Waals surface area (Å²) in [5, 5.41) is 11.4. The molecule has 1 aromatic heterocycles. The van der Waals surface area contributed by atoms with Crippen LogP contribution in [0.25, 0.3) is 0 Å². The van der Waals surface area contributed by atoms with Crippen LogP contribution in [0.15, 0.2) is 28.1 Å². The van der Waals surface area contributed by atoms with E-state index >= 15 is 0 Å². The van der Waals surface area contributed by atoms with Crippen LogP contribution >= 0.6 is 0 Å². The number of carbonyl (C=O) groups excluding carboxylic acids is 1. The molecule has 0 bridgehead atoms. The first kappa shape index (κ1) is 13.8. The zero-order chi connectivity index (χ0) is 13.7. The third-order valence-electron chi connectivity index (χ3n) is 2.34. The molecule has 0 saturated carbocycles. The minimum Gasteiger partial charge on any atom is -0.409 e. The number of hydrogen-bond acceptors (Lipinski definition) is 4. The fourth-order valence-corrected chi connectivity index (χ4v) is 1.42. The van der Waals surface area contributed by atoms with E-state index in [2.05, 4.69) is 10.1 Å². The van der Waals surface area contributed by atoms with Gasteiger partial charge in [-0.05, 0) is 19.9 Å². The fourth-order valence-electron chi connectivity index (χ4n) is 1.42. The molecule has 18 heavy (non-hydrogen) atoms. The number of pyridine rings is 1. The van der Waals surface area contributed by atoms with Gasteiger partial charge in [-0.15, -0.1) is 0 Å². The van der Waals surface area contributed by atoms with Crippen LogP contribution in [0.2, 0.25) is 0 Å². The number of hydrogen-bond donors (Lipinski definition) is 3. The molecule has 4 N–H and O–H groups in total. The first-order chi connectivity index (χ1) is 8.45. The molecule has 0 aliphatic rings. The molecule has 7 nitrogen and oxygen atoms in total. The Morgan fingerprint density at radius 3 is 2.72 bits per heavy atom. The van der Waals surface area contributed by atoms with E-state index in [1.54, 1.807) is 13.8 Å². The maximum Gasteiger partial charge on any atom is 0.271 e. The second-order valence-corrected chi connectivity index (χ2v) is 4.05. The molecule has 0 aliphatic carbocycles. The van der Waals surface area contributed by atoms with Gasteiger partial charge in [-0.1, -0.05) is 11.2 Å². The van der Waals surface area contributed by atoms with Crippen molar-refractivity contribution in [2.24, 2.45) is 10.9 Å². The van der Waals surface area contributed by atoms with Gasteiger partial charge in [0.1, 0.15) is 5.69 Å². The number of nitrogens with one attached hydrogen (secondary N) is 1. The van der Waals surface area contributed by atoms with Gasteiger partial charge >= 0.3 is 0 Å². The third kappa shape index (κ3) is 3.34. The Morgan fingerprint density at radius 1 is 1.56 bits per heavy atom. The summed E-state index contributed by atoms with van der Waals surface area (Å²) in [4.78, 5) is 27.1. The molecule has 0 aliphatic heterocycles. The number of rotatable bonds is 4. The number of amides is 1. The summed E-state index contributed by atoms with van der Waals surface area (Å²) < 4.78 is 0. The highest BCUT2D eigenvalue weighted by Crippen LogP contribution is 2.04. The van der Waals surface area contributed by atoms with Crippen LogP contribution in [0, 0.1) is 0 Å². The van der Waals surface area contributed by atoms with Crippen LogP contribution in [0.3, 0.4) is 0 Å². The van der Waals surface area contributed by atoms with Crippen molar-refractivity contribution in [1.82, 2.24) is 9.88 Å². The number of aromatic nitrogens is 1. The lowest BCUT2D eigenvalue weighted by molar-refractivity contribution is 0.0727. The van der Waals surface area contributed by atoms with Gasteiger partial charge < -0.3 is 20.8 Å². The minimum atomic E-state index is -0.380. The predicted molar refractivity (Wildman–Crippen MR) is 66.6 cm³/mol. The zero-order valence-corrected chi connectivity index (χ0v) is 10.3. The van der Waals surface area contributed by atoms with E-state index in [9.17, 15) is 9.59 Å². The van der Waals surface area contributed by atoms with Gasteiger partial charge in [-0.2, -0.15) is 0 Å². The number of oxime groups is 1. The van der Waals surface area contributed by atoms with E-state index in [1.807, 2.05) is 0 Å². The Morgan fingerprint density at radius 2 is 2.22 bits per heavy atom. The number of carbonyl (C=O) groups is 1. The maximum absolute atomic E-state index is 12.2. The molecule has 0 unspecified atom stereocenters. The third-order valence-corrected chi connectivity index (χ3v) is 2.34. The molecular formula is C11H16N4O3. The Balaban J connectivity index is 3.00. The SMILES string of the molecule is CC(C)N(C/C(N)=N/O)C(=O)c1cccc(=O)[nH]1. The van der Waals surface area contributed by atoms with Gasteiger partial charge in [-0.25, -0.2) is 0 Å². The lowest BCUT2D eigenvalue weighted by Gasteiger charge is -2.25. The molecule has 7 heteroatoms. The van der Waals surface area contributed by atoms with Crippen molar-refractivity contribution in [3.05, 3.63) is 34.2 Å². The lowest BCUT2D eigenvalue weighted by atomic mass is 10.2. The number of aromatic amines is 1. The Hall–Kier alpha value is -2.31. The molecule has 1 amide bonds. The minimum absolute atomic E-state index is 0.01000. The summed E-state index contributed by atoms with van der Waals surface area (Å²) in [6.45, 7) is 3.58. The molecule has 0 atom stereocenters. The first-order valence-electron chi connectivity index (χ1n) is 5.42. The van der Waals surface area contributed by atoms with Gasteiger partial charge in [0.25, 0.3) is 5.91 Å². The summed E-state index contributed by atoms with van der Waals surface area (Å²) >= 11 is 0. The number of nitrogens with zero attached hydrogens (tertiary/aromatic N) is 2. The van der Waals surface area contributed by atoms with Crippen molar-refractivity contribution in [3.8, 4) is 0 Å². The highest BCUT2D eigenvalue weighted by molar-refractivity contribution is 5.95. The smallest absolute Gasteiger partial charge is 0.271 e. The average Bonchev–Trinajstić information content (AvgIpc) is 2.34. The Kier molecular flexibility index (Phi) is 4.47. The molecule has 1 rings (SSSR count). The van der Waals surface area contributed by atoms with E-state index in [0.717, 1.165) is 0 Å². The van der Waals surface area contributed by atoms with Crippen LogP contribution in [-0.2, 0) is 0 Å². The molecule has 0 fully saturated rings. The molecule has 98 valence electrons. The fraction of sp³-hybridized carbons (Fsp3) is 0.364. The summed E-state index contributed by atoms with van der Waals surface area (Å²) in [5.74, 6) is -0.454. The molecule has 0 spiro atoms. The van der Waals surface area contributed by atoms with Crippen LogP contribution in [0.1, 0.15) is 24.3 Å². The van der Waals surface area contributed by atoms with Crippen molar-refractivity contribution in [2.75, 3.05) is 6.54 Å². The van der Waals surface area contributed by atoms with Crippen LogP contribution in [0.5, 0.6) is 0 Å². The van der Waals surface area contributed by atoms with E-state index in [4.69, 9.17) is 10.9 Å². The topological polar surface area (TPSA) is 112 Å². The van der Waals surface area contributed by atoms with Crippen molar-refractivity contribution in [3.63, 3.8) is 0 Å². The lowest BCUT2D eigenvalue weighted by Crippen LogP contribution is -2.43. The molecular weight excluding hydrogens is 236 g/mol. The largest absolute Gasteiger partial charge is 0.409 e. The second-order valence-electron chi connectivity index (χ2n) is 4.05. The van der Waals surface area contributed by atoms with Gasteiger partial charge in [0, 0.05) is 12.1 Å². The molecule has 0 radical (unpaired) electrons. The predicted octanol–water partition coefficient (Wildman–Crippen LogP) is -0.0281. The average molecular weight is 252 g/mol. The van der Waals surface area contributed by atoms with Crippen molar-refractivity contribution in [1.29, 1.82) is 0 Å². The van der Waals surface area contributed by atoms with Gasteiger partial charge in [0.05, 0.1) is 6.54 Å². The Bertz CT molecular complexity index is 507. The Labute approximate surface area is 104 Å². The van der Waals surface area contributed by atoms with Crippen molar-refractivity contribution in [2.45, 2.75) is 19.9 Å². The zero-order valence-electron chi connectivity index (χ0n) is 10.3. The highest BCUT2D eigenvalue weighted by atomic mass is 16.4. The van der Waals surface area contributed by atoms with E-state index in [1.165, 1.54) is 23.1 Å². The molecule has 1 aromatic rings. The monoisotopic (exact) mass is 252 g/mol. The molecule has 1 heterocycles. The van der Waals surface area contributed by atoms with Gasteiger partial charge in [0.2, 0.25) is 5.56 Å². The number of nitrogens with two attached hydrogens (primary N) is 1. The first-order valence-corrected chi connectivity index (χ1v) is 5.42. The van der Waals surface area contributed by atoms with E-state index < -0.39 is 0 Å². The van der Waals surface area contributed by atoms with Crippen LogP contribution in [0.4, 0.5) is 0 Å². The second kappa shape index (κ2) is 5.85. The number of amidine groups is 1. The summed E-state index contributed by atoms with van der Waals surface area (Å²) in [5.41, 5.74) is 5.21. The van der Waals surface area contributed by atoms with Crippen LogP contribution in [-0.4, -0.2) is 39.4 Å². The summed E-state index contributed by atoms with van der Waals surface area (Å²) in [6.07, 6.45) is 0. The van der Waals surface area contributed by atoms with E-state index in [-0.39, 0.29) is 35.6 Å².